The van der Waals surface area contributed by atoms with Gasteiger partial charge in [0, 0.05) is 25.8 Å². The molecule has 0 radical (unpaired) electrons. The first kappa shape index (κ1) is 22.6. The zero-order valence-corrected chi connectivity index (χ0v) is 17.7. The number of rotatable bonds is 8. The third kappa shape index (κ3) is 4.65. The summed E-state index contributed by atoms with van der Waals surface area (Å²) in [5, 5.41) is 8.27. The van der Waals surface area contributed by atoms with Gasteiger partial charge in [0.15, 0.2) is 5.16 Å². The minimum atomic E-state index is -3.87. The first-order valence-electron chi connectivity index (χ1n) is 10.1. The van der Waals surface area contributed by atoms with E-state index in [1.54, 1.807) is 12.1 Å². The van der Waals surface area contributed by atoms with Crippen LogP contribution in [0, 0.1) is 5.82 Å². The zero-order chi connectivity index (χ0) is 21.8. The van der Waals surface area contributed by atoms with Crippen LogP contribution in [0.5, 0.6) is 0 Å². The van der Waals surface area contributed by atoms with Crippen LogP contribution >= 0.6 is 7.37 Å². The van der Waals surface area contributed by atoms with Gasteiger partial charge in [-0.15, -0.1) is 0 Å². The number of carboxylic acid groups (broad SMARTS) is 1. The number of hydrogen-bond acceptors (Lipinski definition) is 4. The van der Waals surface area contributed by atoms with Crippen LogP contribution in [0.2, 0.25) is 0 Å². The number of nitrogens with zero attached hydrogens (tertiary/aromatic N) is 1. The lowest BCUT2D eigenvalue weighted by molar-refractivity contribution is -0.141. The molecule has 1 aliphatic heterocycles. The lowest BCUT2D eigenvalue weighted by Crippen LogP contribution is -2.53. The molecule has 0 saturated carbocycles. The van der Waals surface area contributed by atoms with E-state index in [1.165, 1.54) is 12.1 Å². The van der Waals surface area contributed by atoms with Crippen LogP contribution in [0.3, 0.4) is 0 Å². The molecule has 1 heterocycles. The van der Waals surface area contributed by atoms with E-state index in [0.717, 1.165) is 16.7 Å². The third-order valence-electron chi connectivity index (χ3n) is 5.88. The maximum atomic E-state index is 13.3. The molecule has 30 heavy (non-hydrogen) atoms. The molecular formula is C22H28FN2O4P. The lowest BCUT2D eigenvalue weighted by atomic mass is 9.97. The van der Waals surface area contributed by atoms with Gasteiger partial charge in [0.2, 0.25) is 7.37 Å². The summed E-state index contributed by atoms with van der Waals surface area (Å²) in [5.41, 5.74) is 8.28. The van der Waals surface area contributed by atoms with Gasteiger partial charge in [-0.3, -0.25) is 14.3 Å². The van der Waals surface area contributed by atoms with Crippen LogP contribution in [0.15, 0.2) is 48.5 Å². The number of benzene rings is 2. The van der Waals surface area contributed by atoms with E-state index in [4.69, 9.17) is 5.73 Å². The normalized spacial score (nSPS) is 24.6. The van der Waals surface area contributed by atoms with Gasteiger partial charge in [-0.2, -0.15) is 0 Å². The number of carboxylic acids is 1. The second-order valence-corrected chi connectivity index (χ2v) is 10.6. The van der Waals surface area contributed by atoms with Crippen molar-refractivity contribution < 1.29 is 23.7 Å². The van der Waals surface area contributed by atoms with Gasteiger partial charge in [0.05, 0.1) is 0 Å². The van der Waals surface area contributed by atoms with Gasteiger partial charge in [0.1, 0.15) is 5.82 Å². The van der Waals surface area contributed by atoms with Crippen LogP contribution in [-0.2, 0) is 15.9 Å². The van der Waals surface area contributed by atoms with Crippen LogP contribution in [0.4, 0.5) is 4.39 Å². The molecule has 1 aliphatic rings. The molecule has 1 saturated heterocycles. The fraction of sp³-hybridized carbons (Fsp3) is 0.409. The fourth-order valence-electron chi connectivity index (χ4n) is 4.14. The van der Waals surface area contributed by atoms with Crippen LogP contribution in [0.1, 0.15) is 24.8 Å². The molecule has 162 valence electrons. The maximum Gasteiger partial charge on any atom is 0.320 e. The molecule has 0 aromatic heterocycles. The molecule has 3 rings (SSSR count). The first-order valence-corrected chi connectivity index (χ1v) is 12.0. The van der Waals surface area contributed by atoms with Crippen molar-refractivity contribution >= 4 is 13.3 Å². The predicted molar refractivity (Wildman–Crippen MR) is 115 cm³/mol. The second-order valence-electron chi connectivity index (χ2n) is 7.88. The van der Waals surface area contributed by atoms with Crippen LogP contribution in [-0.4, -0.2) is 51.8 Å². The topological polar surface area (TPSA) is 104 Å². The summed E-state index contributed by atoms with van der Waals surface area (Å²) in [4.78, 5) is 24.7. The molecule has 4 N–H and O–H groups in total. The Morgan fingerprint density at radius 1 is 1.17 bits per heavy atom. The second kappa shape index (κ2) is 9.40. The summed E-state index contributed by atoms with van der Waals surface area (Å²) in [7, 11) is -3.87. The van der Waals surface area contributed by atoms with Gasteiger partial charge in [-0.05, 0) is 48.2 Å². The molecule has 0 aliphatic carbocycles. The van der Waals surface area contributed by atoms with Crippen molar-refractivity contribution in [3.8, 4) is 11.1 Å². The molecule has 2 unspecified atom stereocenters. The summed E-state index contributed by atoms with van der Waals surface area (Å²) < 4.78 is 26.2. The molecular weight excluding hydrogens is 406 g/mol. The van der Waals surface area contributed by atoms with Gasteiger partial charge in [-0.25, -0.2) is 4.39 Å². The Morgan fingerprint density at radius 2 is 1.87 bits per heavy atom. The first-order chi connectivity index (χ1) is 14.3. The number of halogens is 1. The zero-order valence-electron chi connectivity index (χ0n) is 16.8. The summed E-state index contributed by atoms with van der Waals surface area (Å²) >= 11 is 0. The third-order valence-corrected chi connectivity index (χ3v) is 8.58. The highest BCUT2D eigenvalue weighted by molar-refractivity contribution is 7.61. The van der Waals surface area contributed by atoms with Crippen molar-refractivity contribution in [3.05, 3.63) is 59.9 Å². The van der Waals surface area contributed by atoms with Gasteiger partial charge in [-0.1, -0.05) is 42.8 Å². The summed E-state index contributed by atoms with van der Waals surface area (Å²) in [5.74, 6) is -1.53. The smallest absolute Gasteiger partial charge is 0.320 e. The van der Waals surface area contributed by atoms with E-state index in [2.05, 4.69) is 0 Å². The van der Waals surface area contributed by atoms with E-state index >= 15 is 0 Å². The Hall–Kier alpha value is -2.05. The lowest BCUT2D eigenvalue weighted by Gasteiger charge is -2.43. The number of hydrogen-bond donors (Lipinski definition) is 3. The van der Waals surface area contributed by atoms with E-state index in [0.29, 0.717) is 32.5 Å². The number of nitrogens with two attached hydrogens (primary N) is 1. The van der Waals surface area contributed by atoms with Gasteiger partial charge >= 0.3 is 5.97 Å². The fourth-order valence-corrected chi connectivity index (χ4v) is 6.34. The molecule has 6 nitrogen and oxygen atoms in total. The largest absolute Gasteiger partial charge is 0.480 e. The van der Waals surface area contributed by atoms with Crippen molar-refractivity contribution in [1.82, 2.24) is 4.90 Å². The molecule has 0 bridgehead atoms. The Morgan fingerprint density at radius 3 is 2.53 bits per heavy atom. The highest BCUT2D eigenvalue weighted by atomic mass is 31.2. The molecule has 2 atom stereocenters. The summed E-state index contributed by atoms with van der Waals surface area (Å²) in [6, 6.07) is 13.9. The van der Waals surface area contributed by atoms with Crippen LogP contribution in [0.25, 0.3) is 11.1 Å². The minimum absolute atomic E-state index is 0.0123. The van der Waals surface area contributed by atoms with Crippen molar-refractivity contribution in [2.24, 2.45) is 5.73 Å². The molecule has 0 amide bonds. The van der Waals surface area contributed by atoms with E-state index < -0.39 is 18.5 Å². The maximum absolute atomic E-state index is 13.3. The molecule has 2 aromatic rings. The monoisotopic (exact) mass is 434 g/mol. The Labute approximate surface area is 176 Å². The number of carbonyl (C=O) groups is 1. The molecule has 2 aromatic carbocycles. The summed E-state index contributed by atoms with van der Waals surface area (Å²) in [6.07, 6.45) is 1.18. The number of aliphatic carboxylic acids is 1. The number of unbranched alkanes of at least 4 members (excludes halogenated alkanes) is 1. The molecule has 1 fully saturated rings. The average Bonchev–Trinajstić information content (AvgIpc) is 2.71. The quantitative estimate of drug-likeness (QED) is 0.434. The average molecular weight is 434 g/mol. The highest BCUT2D eigenvalue weighted by Crippen LogP contribution is 2.59. The Kier molecular flexibility index (Phi) is 7.09. The van der Waals surface area contributed by atoms with E-state index in [-0.39, 0.29) is 24.9 Å². The van der Waals surface area contributed by atoms with E-state index in [1.807, 2.05) is 29.2 Å². The van der Waals surface area contributed by atoms with Gasteiger partial charge in [0.25, 0.3) is 0 Å². The SMILES string of the molecule is NCCCCC1(C(=O)O)CN(Cc2ccccc2-c2ccc(F)cc2)CCP1(=O)O. The van der Waals surface area contributed by atoms with Crippen molar-refractivity contribution in [2.45, 2.75) is 31.0 Å². The van der Waals surface area contributed by atoms with Crippen molar-refractivity contribution in [1.29, 1.82) is 0 Å². The minimum Gasteiger partial charge on any atom is -0.480 e. The van der Waals surface area contributed by atoms with Crippen molar-refractivity contribution in [2.75, 3.05) is 25.8 Å². The van der Waals surface area contributed by atoms with Crippen molar-refractivity contribution in [3.63, 3.8) is 0 Å². The van der Waals surface area contributed by atoms with Gasteiger partial charge < -0.3 is 15.7 Å². The Balaban J connectivity index is 1.87. The highest BCUT2D eigenvalue weighted by Gasteiger charge is 2.56. The molecule has 0 spiro atoms. The summed E-state index contributed by atoms with van der Waals surface area (Å²) in [6.45, 7) is 1.22. The molecule has 8 heteroatoms. The Bertz CT molecular complexity index is 937. The predicted octanol–water partition coefficient (Wildman–Crippen LogP) is 3.53. The standard InChI is InChI=1S/C22H28FN2O4P/c23-19-9-7-17(8-10-19)20-6-2-1-5-18(20)15-25-13-14-30(28,29)22(16-25,21(26)27)11-3-4-12-24/h1-2,5-10H,3-4,11-16,24H2,(H,26,27)(H,28,29). The van der Waals surface area contributed by atoms with Crippen LogP contribution < -0.4 is 5.73 Å². The van der Waals surface area contributed by atoms with E-state index in [9.17, 15) is 23.7 Å².